The first-order valence-electron chi connectivity index (χ1n) is 10.1. The lowest BCUT2D eigenvalue weighted by atomic mass is 10.1. The molecule has 0 aliphatic carbocycles. The number of thioether (sulfide) groups is 2. The van der Waals surface area contributed by atoms with Crippen LogP contribution in [-0.2, 0) is 22.8 Å². The van der Waals surface area contributed by atoms with Crippen LogP contribution in [0, 0.1) is 20.8 Å². The van der Waals surface area contributed by atoms with E-state index in [9.17, 15) is 4.79 Å². The average Bonchev–Trinajstić information content (AvgIpc) is 3.13. The van der Waals surface area contributed by atoms with E-state index in [0.29, 0.717) is 6.54 Å². The molecule has 2 aromatic carbocycles. The zero-order valence-corrected chi connectivity index (χ0v) is 19.9. The van der Waals surface area contributed by atoms with E-state index in [1.165, 1.54) is 22.9 Å². The van der Waals surface area contributed by atoms with Gasteiger partial charge < -0.3 is 9.88 Å². The molecule has 7 heteroatoms. The van der Waals surface area contributed by atoms with Crippen LogP contribution >= 0.6 is 23.5 Å². The maximum atomic E-state index is 12.5. The number of hydrogen-bond donors (Lipinski definition) is 1. The van der Waals surface area contributed by atoms with Crippen LogP contribution in [0.4, 0.5) is 5.69 Å². The van der Waals surface area contributed by atoms with Crippen molar-refractivity contribution in [2.75, 3.05) is 11.1 Å². The van der Waals surface area contributed by atoms with Gasteiger partial charge in [0.1, 0.15) is 5.82 Å². The number of hydrogen-bond acceptors (Lipinski definition) is 5. The smallest absolute Gasteiger partial charge is 0.234 e. The molecule has 5 nitrogen and oxygen atoms in total. The molecule has 0 unspecified atom stereocenters. The van der Waals surface area contributed by atoms with Gasteiger partial charge in [-0.1, -0.05) is 59.8 Å². The van der Waals surface area contributed by atoms with Gasteiger partial charge in [-0.25, -0.2) is 0 Å². The first kappa shape index (κ1) is 23.2. The van der Waals surface area contributed by atoms with E-state index in [4.69, 9.17) is 0 Å². The maximum Gasteiger partial charge on any atom is 0.234 e. The number of benzene rings is 2. The quantitative estimate of drug-likeness (QED) is 0.323. The first-order chi connectivity index (χ1) is 15.0. The molecule has 0 atom stereocenters. The Kier molecular flexibility index (Phi) is 8.37. The Morgan fingerprint density at radius 3 is 2.61 bits per heavy atom. The molecular weight excluding hydrogens is 424 g/mol. The van der Waals surface area contributed by atoms with Gasteiger partial charge in [0.25, 0.3) is 0 Å². The maximum absolute atomic E-state index is 12.5. The van der Waals surface area contributed by atoms with Crippen molar-refractivity contribution < 1.29 is 4.79 Å². The number of aromatic nitrogens is 3. The van der Waals surface area contributed by atoms with Gasteiger partial charge in [-0.05, 0) is 43.5 Å². The third-order valence-corrected chi connectivity index (χ3v) is 6.90. The van der Waals surface area contributed by atoms with Crippen molar-refractivity contribution in [2.24, 2.45) is 0 Å². The number of carbonyl (C=O) groups excluding carboxylic acids is 1. The number of aryl methyl sites for hydroxylation is 2. The molecule has 31 heavy (non-hydrogen) atoms. The molecule has 1 N–H and O–H groups in total. The van der Waals surface area contributed by atoms with Crippen LogP contribution in [0.2, 0.25) is 0 Å². The summed E-state index contributed by atoms with van der Waals surface area (Å²) in [5, 5.41) is 12.4. The van der Waals surface area contributed by atoms with Gasteiger partial charge in [0.2, 0.25) is 5.91 Å². The Balaban J connectivity index is 1.57. The van der Waals surface area contributed by atoms with Gasteiger partial charge in [0.05, 0.1) is 11.5 Å². The van der Waals surface area contributed by atoms with E-state index in [2.05, 4.69) is 53.3 Å². The van der Waals surface area contributed by atoms with Gasteiger partial charge in [-0.2, -0.15) is 0 Å². The third kappa shape index (κ3) is 6.48. The lowest BCUT2D eigenvalue weighted by Crippen LogP contribution is -2.15. The van der Waals surface area contributed by atoms with Gasteiger partial charge in [-0.15, -0.1) is 28.5 Å². The van der Waals surface area contributed by atoms with Crippen LogP contribution in [0.15, 0.2) is 60.3 Å². The van der Waals surface area contributed by atoms with E-state index >= 15 is 0 Å². The first-order valence-corrected chi connectivity index (χ1v) is 12.3. The van der Waals surface area contributed by atoms with Gasteiger partial charge in [0.15, 0.2) is 5.16 Å². The second-order valence-corrected chi connectivity index (χ2v) is 9.29. The summed E-state index contributed by atoms with van der Waals surface area (Å²) in [6.07, 6.45) is 1.83. The fraction of sp³-hybridized carbons (Fsp3) is 0.292. The minimum Gasteiger partial charge on any atom is -0.325 e. The Bertz CT molecular complexity index is 1040. The molecule has 3 rings (SSSR count). The van der Waals surface area contributed by atoms with Crippen molar-refractivity contribution >= 4 is 35.1 Å². The van der Waals surface area contributed by atoms with Crippen LogP contribution in [0.1, 0.15) is 28.1 Å². The Hall–Kier alpha value is -2.51. The normalized spacial score (nSPS) is 10.8. The molecule has 0 bridgehead atoms. The van der Waals surface area contributed by atoms with Crippen molar-refractivity contribution in [3.8, 4) is 0 Å². The summed E-state index contributed by atoms with van der Waals surface area (Å²) in [5.74, 6) is 2.79. The molecule has 0 saturated heterocycles. The zero-order chi connectivity index (χ0) is 22.2. The summed E-state index contributed by atoms with van der Waals surface area (Å²) in [7, 11) is 0. The van der Waals surface area contributed by atoms with Crippen LogP contribution in [0.25, 0.3) is 0 Å². The largest absolute Gasteiger partial charge is 0.325 e. The fourth-order valence-electron chi connectivity index (χ4n) is 2.99. The molecule has 0 aliphatic rings. The highest BCUT2D eigenvalue weighted by Gasteiger charge is 2.14. The second-order valence-electron chi connectivity index (χ2n) is 7.36. The van der Waals surface area contributed by atoms with Crippen molar-refractivity contribution in [3.05, 3.63) is 83.2 Å². The van der Waals surface area contributed by atoms with E-state index in [-0.39, 0.29) is 11.7 Å². The predicted molar refractivity (Wildman–Crippen MR) is 132 cm³/mol. The van der Waals surface area contributed by atoms with Crippen LogP contribution in [-0.4, -0.2) is 26.4 Å². The molecule has 0 saturated carbocycles. The number of amides is 1. The van der Waals surface area contributed by atoms with Crippen LogP contribution in [0.3, 0.4) is 0 Å². The van der Waals surface area contributed by atoms with E-state index in [1.54, 1.807) is 11.8 Å². The number of nitrogens with zero attached hydrogens (tertiary/aromatic N) is 3. The summed E-state index contributed by atoms with van der Waals surface area (Å²) in [6.45, 7) is 10.6. The lowest BCUT2D eigenvalue weighted by molar-refractivity contribution is -0.113. The summed E-state index contributed by atoms with van der Waals surface area (Å²) in [4.78, 5) is 12.5. The number of allylic oxidation sites excluding steroid dienone is 1. The topological polar surface area (TPSA) is 59.8 Å². The molecule has 1 aromatic heterocycles. The van der Waals surface area contributed by atoms with E-state index in [0.717, 1.165) is 39.3 Å². The molecule has 0 radical (unpaired) electrons. The second kappa shape index (κ2) is 11.2. The summed E-state index contributed by atoms with van der Waals surface area (Å²) in [6, 6.07) is 14.5. The van der Waals surface area contributed by atoms with E-state index < -0.39 is 0 Å². The van der Waals surface area contributed by atoms with Crippen LogP contribution in [0.5, 0.6) is 0 Å². The summed E-state index contributed by atoms with van der Waals surface area (Å²) < 4.78 is 2.03. The third-order valence-electron chi connectivity index (χ3n) is 4.94. The summed E-state index contributed by atoms with van der Waals surface area (Å²) in [5.41, 5.74) is 5.66. The fourth-order valence-corrected chi connectivity index (χ4v) is 4.69. The Morgan fingerprint density at radius 2 is 1.87 bits per heavy atom. The van der Waals surface area contributed by atoms with Crippen molar-refractivity contribution in [1.29, 1.82) is 0 Å². The minimum atomic E-state index is -0.0536. The van der Waals surface area contributed by atoms with Gasteiger partial charge in [-0.3, -0.25) is 4.79 Å². The molecule has 1 amide bonds. The zero-order valence-electron chi connectivity index (χ0n) is 18.2. The number of rotatable bonds is 10. The average molecular weight is 453 g/mol. The standard InChI is InChI=1S/C24H28N4OS2/c1-5-13-28-22(15-30-14-20-11-9-17(2)10-12-20)26-27-24(28)31-16-23(29)25-21-8-6-7-18(3)19(21)4/h5-12H,1,13-16H2,2-4H3,(H,25,29). The Morgan fingerprint density at radius 1 is 1.10 bits per heavy atom. The molecule has 0 fully saturated rings. The molecular formula is C24H28N4OS2. The molecule has 1 heterocycles. The number of nitrogens with one attached hydrogen (secondary N) is 1. The van der Waals surface area contributed by atoms with Crippen molar-refractivity contribution in [2.45, 2.75) is 44.0 Å². The van der Waals surface area contributed by atoms with Crippen molar-refractivity contribution in [1.82, 2.24) is 14.8 Å². The van der Waals surface area contributed by atoms with Crippen LogP contribution < -0.4 is 5.32 Å². The SMILES string of the molecule is C=CCn1c(CSCc2ccc(C)cc2)nnc1SCC(=O)Nc1cccc(C)c1C. The molecule has 0 spiro atoms. The Labute approximate surface area is 192 Å². The van der Waals surface area contributed by atoms with E-state index in [1.807, 2.05) is 42.7 Å². The minimum absolute atomic E-state index is 0.0536. The van der Waals surface area contributed by atoms with Gasteiger partial charge >= 0.3 is 0 Å². The molecule has 162 valence electrons. The number of carbonyl (C=O) groups is 1. The number of anilines is 1. The van der Waals surface area contributed by atoms with Gasteiger partial charge in [0, 0.05) is 18.0 Å². The summed E-state index contributed by atoms with van der Waals surface area (Å²) >= 11 is 3.20. The monoisotopic (exact) mass is 452 g/mol. The highest BCUT2D eigenvalue weighted by molar-refractivity contribution is 7.99. The molecule has 3 aromatic rings. The highest BCUT2D eigenvalue weighted by atomic mass is 32.2. The predicted octanol–water partition coefficient (Wildman–Crippen LogP) is 5.55. The molecule has 0 aliphatic heterocycles. The lowest BCUT2D eigenvalue weighted by Gasteiger charge is -2.10. The highest BCUT2D eigenvalue weighted by Crippen LogP contribution is 2.23. The van der Waals surface area contributed by atoms with Crippen molar-refractivity contribution in [3.63, 3.8) is 0 Å².